The van der Waals surface area contributed by atoms with Gasteiger partial charge in [0.15, 0.2) is 0 Å². The van der Waals surface area contributed by atoms with Crippen molar-refractivity contribution < 1.29 is 9.59 Å². The molecule has 0 aromatic heterocycles. The van der Waals surface area contributed by atoms with Crippen molar-refractivity contribution >= 4 is 46.7 Å². The number of fused-ring (bicyclic) bond motifs is 3. The van der Waals surface area contributed by atoms with Crippen LogP contribution in [0.5, 0.6) is 0 Å². The lowest BCUT2D eigenvalue weighted by Gasteiger charge is -2.26. The van der Waals surface area contributed by atoms with Crippen LogP contribution < -0.4 is 9.80 Å². The predicted octanol–water partition coefficient (Wildman–Crippen LogP) is 10.4. The fraction of sp³-hybridized carbons (Fsp3) is 0.0732. The molecular formula is C41H32N2O2. The molecule has 6 aromatic carbocycles. The number of rotatable bonds is 8. The Morgan fingerprint density at radius 1 is 0.444 bits per heavy atom. The number of aldehydes is 2. The van der Waals surface area contributed by atoms with E-state index in [0.29, 0.717) is 11.1 Å². The minimum absolute atomic E-state index is 0.642. The molecule has 1 aliphatic rings. The molecular weight excluding hydrogens is 552 g/mol. The molecule has 6 aromatic rings. The number of anilines is 6. The summed E-state index contributed by atoms with van der Waals surface area (Å²) < 4.78 is 0. The molecule has 7 rings (SSSR count). The van der Waals surface area contributed by atoms with Gasteiger partial charge in [0.05, 0.1) is 0 Å². The van der Waals surface area contributed by atoms with Crippen molar-refractivity contribution in [2.75, 3.05) is 9.80 Å². The van der Waals surface area contributed by atoms with E-state index < -0.39 is 0 Å². The topological polar surface area (TPSA) is 40.6 Å². The number of aryl methyl sites for hydroxylation is 2. The van der Waals surface area contributed by atoms with Gasteiger partial charge in [0, 0.05) is 45.3 Å². The van der Waals surface area contributed by atoms with E-state index in [-0.39, 0.29) is 0 Å². The summed E-state index contributed by atoms with van der Waals surface area (Å²) in [5.74, 6) is 0. The van der Waals surface area contributed by atoms with E-state index in [9.17, 15) is 9.59 Å². The van der Waals surface area contributed by atoms with Crippen LogP contribution in [0.3, 0.4) is 0 Å². The van der Waals surface area contributed by atoms with Crippen LogP contribution in [-0.2, 0) is 6.42 Å². The number of benzene rings is 6. The zero-order valence-corrected chi connectivity index (χ0v) is 25.3. The summed E-state index contributed by atoms with van der Waals surface area (Å²) in [6.07, 6.45) is 2.59. The first-order valence-electron chi connectivity index (χ1n) is 15.1. The molecule has 0 heterocycles. The number of carbonyl (C=O) groups excluding carboxylic acids is 2. The van der Waals surface area contributed by atoms with Gasteiger partial charge in [0.2, 0.25) is 0 Å². The van der Waals surface area contributed by atoms with Crippen LogP contribution in [0.25, 0.3) is 11.1 Å². The molecule has 218 valence electrons. The van der Waals surface area contributed by atoms with Crippen molar-refractivity contribution in [3.8, 4) is 11.1 Å². The molecule has 0 fully saturated rings. The van der Waals surface area contributed by atoms with Crippen molar-refractivity contribution in [1.29, 1.82) is 0 Å². The van der Waals surface area contributed by atoms with E-state index >= 15 is 0 Å². The Hall–Kier alpha value is -5.74. The lowest BCUT2D eigenvalue weighted by atomic mass is 10.0. The Morgan fingerprint density at radius 3 is 1.22 bits per heavy atom. The van der Waals surface area contributed by atoms with E-state index in [0.717, 1.165) is 53.1 Å². The molecule has 0 bridgehead atoms. The lowest BCUT2D eigenvalue weighted by Crippen LogP contribution is -2.11. The number of hydrogen-bond donors (Lipinski definition) is 0. The fourth-order valence-corrected chi connectivity index (χ4v) is 6.36. The van der Waals surface area contributed by atoms with Crippen molar-refractivity contribution in [3.63, 3.8) is 0 Å². The Morgan fingerprint density at radius 2 is 0.822 bits per heavy atom. The van der Waals surface area contributed by atoms with Crippen molar-refractivity contribution in [3.05, 3.63) is 167 Å². The average Bonchev–Trinajstić information content (AvgIpc) is 3.42. The highest BCUT2D eigenvalue weighted by molar-refractivity contribution is 5.88. The molecule has 45 heavy (non-hydrogen) atoms. The summed E-state index contributed by atoms with van der Waals surface area (Å²) in [6.45, 7) is 4.19. The van der Waals surface area contributed by atoms with Gasteiger partial charge in [-0.15, -0.1) is 0 Å². The van der Waals surface area contributed by atoms with Gasteiger partial charge in [0.25, 0.3) is 0 Å². The van der Waals surface area contributed by atoms with Crippen LogP contribution in [0.1, 0.15) is 43.0 Å². The van der Waals surface area contributed by atoms with Gasteiger partial charge in [-0.2, -0.15) is 0 Å². The standard InChI is InChI=1S/C41H32N2O2/c1-28-7-3-11-34(19-28)42(36-13-5-9-30(21-36)26-44)38-15-17-40-32(24-38)23-33-25-39(16-18-41(33)40)43(35-12-4-8-29(2)20-35)37-14-6-10-31(22-37)27-45/h3-22,24-27H,23H2,1-2H3. The second-order valence-electron chi connectivity index (χ2n) is 11.6. The normalized spacial score (nSPS) is 11.4. The molecule has 0 amide bonds. The number of hydrogen-bond acceptors (Lipinski definition) is 4. The summed E-state index contributed by atoms with van der Waals surface area (Å²) in [5.41, 5.74) is 14.7. The minimum atomic E-state index is 0.642. The zero-order chi connectivity index (χ0) is 30.9. The second kappa shape index (κ2) is 11.7. The Bertz CT molecular complexity index is 1930. The third kappa shape index (κ3) is 5.43. The van der Waals surface area contributed by atoms with Gasteiger partial charge in [-0.25, -0.2) is 0 Å². The van der Waals surface area contributed by atoms with Gasteiger partial charge in [0.1, 0.15) is 12.6 Å². The first-order valence-corrected chi connectivity index (χ1v) is 15.1. The summed E-state index contributed by atoms with van der Waals surface area (Å²) in [7, 11) is 0. The third-order valence-electron chi connectivity index (χ3n) is 8.41. The third-order valence-corrected chi connectivity index (χ3v) is 8.41. The molecule has 0 radical (unpaired) electrons. The highest BCUT2D eigenvalue weighted by Gasteiger charge is 2.23. The van der Waals surface area contributed by atoms with E-state index in [1.54, 1.807) is 0 Å². The second-order valence-corrected chi connectivity index (χ2v) is 11.6. The van der Waals surface area contributed by atoms with E-state index in [4.69, 9.17) is 0 Å². The van der Waals surface area contributed by atoms with Gasteiger partial charge >= 0.3 is 0 Å². The molecule has 1 aliphatic carbocycles. The lowest BCUT2D eigenvalue weighted by molar-refractivity contribution is 0.111. The van der Waals surface area contributed by atoms with E-state index in [1.165, 1.54) is 33.4 Å². The van der Waals surface area contributed by atoms with Gasteiger partial charge < -0.3 is 9.80 Å². The van der Waals surface area contributed by atoms with E-state index in [1.807, 2.05) is 48.5 Å². The van der Waals surface area contributed by atoms with Crippen LogP contribution in [0.4, 0.5) is 34.1 Å². The van der Waals surface area contributed by atoms with Crippen LogP contribution in [0, 0.1) is 13.8 Å². The maximum Gasteiger partial charge on any atom is 0.150 e. The van der Waals surface area contributed by atoms with Crippen LogP contribution in [-0.4, -0.2) is 12.6 Å². The van der Waals surface area contributed by atoms with Gasteiger partial charge in [-0.3, -0.25) is 9.59 Å². The molecule has 0 atom stereocenters. The maximum absolute atomic E-state index is 11.7. The fourth-order valence-electron chi connectivity index (χ4n) is 6.36. The van der Waals surface area contributed by atoms with Gasteiger partial charge in [-0.05, 0) is 126 Å². The molecule has 0 unspecified atom stereocenters. The smallest absolute Gasteiger partial charge is 0.150 e. The summed E-state index contributed by atoms with van der Waals surface area (Å²) in [4.78, 5) is 27.7. The molecule has 0 N–H and O–H groups in total. The number of carbonyl (C=O) groups is 2. The Kier molecular flexibility index (Phi) is 7.32. The van der Waals surface area contributed by atoms with Crippen molar-refractivity contribution in [2.45, 2.75) is 20.3 Å². The summed E-state index contributed by atoms with van der Waals surface area (Å²) in [5, 5.41) is 0. The number of nitrogens with zero attached hydrogens (tertiary/aromatic N) is 2. The van der Waals surface area contributed by atoms with Crippen molar-refractivity contribution in [2.24, 2.45) is 0 Å². The van der Waals surface area contributed by atoms with Crippen LogP contribution >= 0.6 is 0 Å². The predicted molar refractivity (Wildman–Crippen MR) is 184 cm³/mol. The zero-order valence-electron chi connectivity index (χ0n) is 25.3. The van der Waals surface area contributed by atoms with Crippen LogP contribution in [0.2, 0.25) is 0 Å². The minimum Gasteiger partial charge on any atom is -0.310 e. The first-order chi connectivity index (χ1) is 22.0. The summed E-state index contributed by atoms with van der Waals surface area (Å²) in [6, 6.07) is 45.7. The van der Waals surface area contributed by atoms with E-state index in [2.05, 4.69) is 109 Å². The average molecular weight is 585 g/mol. The largest absolute Gasteiger partial charge is 0.310 e. The Balaban J connectivity index is 1.29. The highest BCUT2D eigenvalue weighted by atomic mass is 16.1. The molecule has 0 aliphatic heterocycles. The van der Waals surface area contributed by atoms with Crippen molar-refractivity contribution in [1.82, 2.24) is 0 Å². The summed E-state index contributed by atoms with van der Waals surface area (Å²) >= 11 is 0. The highest BCUT2D eigenvalue weighted by Crippen LogP contribution is 2.44. The monoisotopic (exact) mass is 584 g/mol. The molecule has 0 saturated carbocycles. The first kappa shape index (κ1) is 28.1. The van der Waals surface area contributed by atoms with Gasteiger partial charge in [-0.1, -0.05) is 60.7 Å². The molecule has 4 nitrogen and oxygen atoms in total. The SMILES string of the molecule is Cc1cccc(N(c2cccc(C=O)c2)c2ccc3c(c2)Cc2cc(N(c4cccc(C)c4)c4cccc(C=O)c4)ccc2-3)c1. The maximum atomic E-state index is 11.7. The molecule has 0 spiro atoms. The van der Waals surface area contributed by atoms with Crippen LogP contribution in [0.15, 0.2) is 133 Å². The Labute approximate surface area is 263 Å². The molecule has 4 heteroatoms. The molecule has 0 saturated heterocycles. The quantitative estimate of drug-likeness (QED) is 0.167.